The Hall–Kier alpha value is -1.36. The Balaban J connectivity index is 1.84. The molecule has 3 atom stereocenters. The Labute approximate surface area is 119 Å². The number of oxazole rings is 1. The molecular weight excluding hydrogens is 254 g/mol. The number of fused-ring (bicyclic) bond motifs is 1. The Morgan fingerprint density at radius 3 is 2.95 bits per heavy atom. The van der Waals surface area contributed by atoms with E-state index < -0.39 is 0 Å². The fourth-order valence-corrected chi connectivity index (χ4v) is 3.74. The molecule has 0 bridgehead atoms. The SMILES string of the molecule is CNC1CCC2CCCC2N(Cc2cnc(C)o2)C1=O. The highest BCUT2D eigenvalue weighted by Crippen LogP contribution is 2.37. The van der Waals surface area contributed by atoms with E-state index in [4.69, 9.17) is 4.42 Å². The van der Waals surface area contributed by atoms with E-state index in [9.17, 15) is 4.79 Å². The summed E-state index contributed by atoms with van der Waals surface area (Å²) in [7, 11) is 1.88. The molecule has 1 aromatic rings. The summed E-state index contributed by atoms with van der Waals surface area (Å²) in [6.45, 7) is 2.39. The lowest BCUT2D eigenvalue weighted by Gasteiger charge is -2.31. The van der Waals surface area contributed by atoms with Crippen molar-refractivity contribution >= 4 is 5.91 Å². The molecule has 1 amide bonds. The van der Waals surface area contributed by atoms with Crippen molar-refractivity contribution in [3.05, 3.63) is 17.8 Å². The number of amides is 1. The maximum Gasteiger partial charge on any atom is 0.240 e. The van der Waals surface area contributed by atoms with E-state index >= 15 is 0 Å². The molecule has 5 heteroatoms. The molecule has 1 aliphatic carbocycles. The number of rotatable bonds is 3. The molecular formula is C15H23N3O2. The first-order valence-corrected chi connectivity index (χ1v) is 7.58. The zero-order valence-corrected chi connectivity index (χ0v) is 12.3. The quantitative estimate of drug-likeness (QED) is 0.916. The van der Waals surface area contributed by atoms with Gasteiger partial charge in [0.25, 0.3) is 0 Å². The fourth-order valence-electron chi connectivity index (χ4n) is 3.74. The number of nitrogens with one attached hydrogen (secondary N) is 1. The average molecular weight is 277 g/mol. The maximum atomic E-state index is 12.7. The largest absolute Gasteiger partial charge is 0.444 e. The molecule has 110 valence electrons. The van der Waals surface area contributed by atoms with Gasteiger partial charge in [-0.2, -0.15) is 0 Å². The number of carbonyl (C=O) groups excluding carboxylic acids is 1. The second-order valence-electron chi connectivity index (χ2n) is 5.99. The summed E-state index contributed by atoms with van der Waals surface area (Å²) in [5.41, 5.74) is 0. The van der Waals surface area contributed by atoms with Crippen molar-refractivity contribution in [3.63, 3.8) is 0 Å². The number of likely N-dealkylation sites (tertiary alicyclic amines) is 1. The van der Waals surface area contributed by atoms with Gasteiger partial charge in [0.15, 0.2) is 5.89 Å². The molecule has 20 heavy (non-hydrogen) atoms. The number of aryl methyl sites for hydroxylation is 1. The normalized spacial score (nSPS) is 30.4. The first-order valence-electron chi connectivity index (χ1n) is 7.58. The van der Waals surface area contributed by atoms with Gasteiger partial charge in [-0.1, -0.05) is 6.42 Å². The van der Waals surface area contributed by atoms with Crippen LogP contribution in [-0.2, 0) is 11.3 Å². The Kier molecular flexibility index (Phi) is 3.78. The summed E-state index contributed by atoms with van der Waals surface area (Å²) in [5, 5.41) is 3.17. The zero-order chi connectivity index (χ0) is 14.1. The lowest BCUT2D eigenvalue weighted by Crippen LogP contribution is -2.47. The minimum atomic E-state index is -0.0513. The van der Waals surface area contributed by atoms with Gasteiger partial charge in [-0.15, -0.1) is 0 Å². The second-order valence-corrected chi connectivity index (χ2v) is 5.99. The van der Waals surface area contributed by atoms with E-state index in [1.165, 1.54) is 12.8 Å². The average Bonchev–Trinajstić information content (AvgIpc) is 3.03. The monoisotopic (exact) mass is 277 g/mol. The molecule has 0 aromatic carbocycles. The number of carbonyl (C=O) groups is 1. The van der Waals surface area contributed by atoms with Crippen molar-refractivity contribution in [1.29, 1.82) is 0 Å². The molecule has 2 fully saturated rings. The molecule has 5 nitrogen and oxygen atoms in total. The van der Waals surface area contributed by atoms with Crippen molar-refractivity contribution in [2.24, 2.45) is 5.92 Å². The van der Waals surface area contributed by atoms with Gasteiger partial charge in [-0.3, -0.25) is 4.79 Å². The first kappa shape index (κ1) is 13.6. The molecule has 1 saturated carbocycles. The number of aromatic nitrogens is 1. The van der Waals surface area contributed by atoms with Crippen LogP contribution in [0.2, 0.25) is 0 Å². The highest BCUT2D eigenvalue weighted by molar-refractivity contribution is 5.82. The summed E-state index contributed by atoms with van der Waals surface area (Å²) in [4.78, 5) is 18.9. The van der Waals surface area contributed by atoms with Crippen LogP contribution in [0.15, 0.2) is 10.6 Å². The summed E-state index contributed by atoms with van der Waals surface area (Å²) in [6, 6.07) is 0.330. The minimum Gasteiger partial charge on any atom is -0.444 e. The molecule has 3 rings (SSSR count). The summed E-state index contributed by atoms with van der Waals surface area (Å²) < 4.78 is 5.57. The van der Waals surface area contributed by atoms with Gasteiger partial charge in [0.05, 0.1) is 18.8 Å². The van der Waals surface area contributed by atoms with Gasteiger partial charge in [0.2, 0.25) is 5.91 Å². The van der Waals surface area contributed by atoms with Gasteiger partial charge in [-0.25, -0.2) is 4.98 Å². The van der Waals surface area contributed by atoms with Crippen LogP contribution in [-0.4, -0.2) is 34.9 Å². The molecule has 1 N–H and O–H groups in total. The molecule has 0 spiro atoms. The number of likely N-dealkylation sites (N-methyl/N-ethyl adjacent to an activating group) is 1. The van der Waals surface area contributed by atoms with Crippen molar-refractivity contribution < 1.29 is 9.21 Å². The van der Waals surface area contributed by atoms with Crippen LogP contribution >= 0.6 is 0 Å². The van der Waals surface area contributed by atoms with Crippen molar-refractivity contribution in [3.8, 4) is 0 Å². The smallest absolute Gasteiger partial charge is 0.240 e. The van der Waals surface area contributed by atoms with Crippen molar-refractivity contribution in [1.82, 2.24) is 15.2 Å². The first-order chi connectivity index (χ1) is 9.69. The van der Waals surface area contributed by atoms with E-state index in [0.29, 0.717) is 24.4 Å². The van der Waals surface area contributed by atoms with Crippen LogP contribution in [0.5, 0.6) is 0 Å². The topological polar surface area (TPSA) is 58.4 Å². The molecule has 1 aromatic heterocycles. The highest BCUT2D eigenvalue weighted by atomic mass is 16.4. The third-order valence-electron chi connectivity index (χ3n) is 4.77. The Bertz CT molecular complexity index is 485. The molecule has 2 heterocycles. The van der Waals surface area contributed by atoms with E-state index in [0.717, 1.165) is 25.0 Å². The van der Waals surface area contributed by atoms with Crippen molar-refractivity contribution in [2.45, 2.75) is 57.7 Å². The minimum absolute atomic E-state index is 0.0513. The van der Waals surface area contributed by atoms with E-state index in [1.807, 2.05) is 18.9 Å². The van der Waals surface area contributed by atoms with Crippen LogP contribution in [0.25, 0.3) is 0 Å². The fraction of sp³-hybridized carbons (Fsp3) is 0.733. The lowest BCUT2D eigenvalue weighted by atomic mass is 9.97. The predicted molar refractivity (Wildman–Crippen MR) is 75.0 cm³/mol. The van der Waals surface area contributed by atoms with Gasteiger partial charge in [0.1, 0.15) is 5.76 Å². The van der Waals surface area contributed by atoms with Crippen LogP contribution in [0, 0.1) is 12.8 Å². The lowest BCUT2D eigenvalue weighted by molar-refractivity contribution is -0.136. The van der Waals surface area contributed by atoms with E-state index in [-0.39, 0.29) is 11.9 Å². The predicted octanol–water partition coefficient (Wildman–Crippen LogP) is 1.86. The number of hydrogen-bond acceptors (Lipinski definition) is 4. The molecule has 1 aliphatic heterocycles. The van der Waals surface area contributed by atoms with E-state index in [1.54, 1.807) is 6.20 Å². The van der Waals surface area contributed by atoms with Crippen LogP contribution in [0.4, 0.5) is 0 Å². The van der Waals surface area contributed by atoms with Crippen LogP contribution in [0.1, 0.15) is 43.8 Å². The van der Waals surface area contributed by atoms with Gasteiger partial charge in [-0.05, 0) is 38.6 Å². The van der Waals surface area contributed by atoms with Gasteiger partial charge < -0.3 is 14.6 Å². The standard InChI is InChI=1S/C15H23N3O2/c1-10-17-8-12(20-10)9-18-14-5-3-4-11(14)6-7-13(16-2)15(18)19/h8,11,13-14,16H,3-7,9H2,1-2H3. The molecule has 0 radical (unpaired) electrons. The van der Waals surface area contributed by atoms with Crippen LogP contribution in [0.3, 0.4) is 0 Å². The number of nitrogens with zero attached hydrogens (tertiary/aromatic N) is 2. The third kappa shape index (κ3) is 2.46. The van der Waals surface area contributed by atoms with Crippen LogP contribution < -0.4 is 5.32 Å². The summed E-state index contributed by atoms with van der Waals surface area (Å²) >= 11 is 0. The van der Waals surface area contributed by atoms with Gasteiger partial charge >= 0.3 is 0 Å². The second kappa shape index (κ2) is 5.56. The van der Waals surface area contributed by atoms with Crippen molar-refractivity contribution in [2.75, 3.05) is 7.05 Å². The highest BCUT2D eigenvalue weighted by Gasteiger charge is 2.40. The molecule has 1 saturated heterocycles. The molecule has 2 aliphatic rings. The Morgan fingerprint density at radius 2 is 2.25 bits per heavy atom. The zero-order valence-electron chi connectivity index (χ0n) is 12.3. The Morgan fingerprint density at radius 1 is 1.40 bits per heavy atom. The third-order valence-corrected chi connectivity index (χ3v) is 4.77. The summed E-state index contributed by atoms with van der Waals surface area (Å²) in [5.74, 6) is 2.32. The van der Waals surface area contributed by atoms with Gasteiger partial charge in [0, 0.05) is 13.0 Å². The summed E-state index contributed by atoms with van der Waals surface area (Å²) in [6.07, 6.45) is 7.45. The van der Waals surface area contributed by atoms with E-state index in [2.05, 4.69) is 10.3 Å². The number of hydrogen-bond donors (Lipinski definition) is 1. The molecule has 3 unspecified atom stereocenters. The maximum absolute atomic E-state index is 12.7.